The van der Waals surface area contributed by atoms with Crippen LogP contribution < -0.4 is 0 Å². The molecule has 0 radical (unpaired) electrons. The van der Waals surface area contributed by atoms with Gasteiger partial charge in [0.1, 0.15) is 6.79 Å². The van der Waals surface area contributed by atoms with Gasteiger partial charge in [0.25, 0.3) is 0 Å². The van der Waals surface area contributed by atoms with Crippen molar-refractivity contribution in [1.29, 1.82) is 0 Å². The quantitative estimate of drug-likeness (QED) is 0.257. The average molecular weight is 242 g/mol. The van der Waals surface area contributed by atoms with Gasteiger partial charge in [-0.3, -0.25) is 0 Å². The lowest BCUT2D eigenvalue weighted by atomic mass is 10.1. The number of ether oxygens (including phenoxy) is 3. The molecule has 0 rings (SSSR count). The first kappa shape index (κ1) is 16.1. The molecule has 0 saturated heterocycles. The van der Waals surface area contributed by atoms with Crippen LogP contribution in [0.4, 0.5) is 0 Å². The second kappa shape index (κ2) is 11.6. The summed E-state index contributed by atoms with van der Waals surface area (Å²) < 4.78 is 15.5. The predicted octanol–water partition coefficient (Wildman–Crippen LogP) is 1.34. The molecule has 0 aromatic carbocycles. The van der Waals surface area contributed by atoms with Gasteiger partial charge in [0, 0.05) is 20.0 Å². The summed E-state index contributed by atoms with van der Waals surface area (Å²) in [5, 5.41) is 9.57. The van der Waals surface area contributed by atoms with E-state index in [0.29, 0.717) is 32.5 Å². The monoisotopic (exact) mass is 242 g/mol. The maximum atomic E-state index is 9.57. The van der Waals surface area contributed by atoms with Crippen LogP contribution in [-0.2, 0) is 14.2 Å². The minimum Gasteiger partial charge on any atom is -0.392 e. The van der Waals surface area contributed by atoms with Crippen LogP contribution in [0.3, 0.4) is 0 Å². The lowest BCUT2D eigenvalue weighted by Crippen LogP contribution is -2.22. The standard InChI is InChI=1S/C13H22O4/c1-4-6-12(14)10-13(7-5-2)17-11-16-9-8-15-3/h1,5,12-14H,2,6-11H2,3H3/t12-,13+/m0/s1. The van der Waals surface area contributed by atoms with Gasteiger partial charge in [-0.25, -0.2) is 0 Å². The minimum atomic E-state index is -0.538. The molecule has 98 valence electrons. The van der Waals surface area contributed by atoms with Gasteiger partial charge in [-0.15, -0.1) is 18.9 Å². The molecule has 0 amide bonds. The van der Waals surface area contributed by atoms with Gasteiger partial charge in [0.15, 0.2) is 0 Å². The van der Waals surface area contributed by atoms with E-state index in [2.05, 4.69) is 12.5 Å². The number of terminal acetylenes is 1. The van der Waals surface area contributed by atoms with Gasteiger partial charge >= 0.3 is 0 Å². The first-order chi connectivity index (χ1) is 8.24. The van der Waals surface area contributed by atoms with Crippen LogP contribution in [-0.4, -0.2) is 44.4 Å². The van der Waals surface area contributed by atoms with E-state index < -0.39 is 6.10 Å². The zero-order valence-corrected chi connectivity index (χ0v) is 10.4. The van der Waals surface area contributed by atoms with Crippen molar-refractivity contribution >= 4 is 0 Å². The molecule has 0 spiro atoms. The third kappa shape index (κ3) is 10.0. The van der Waals surface area contributed by atoms with Crippen LogP contribution in [0, 0.1) is 12.3 Å². The van der Waals surface area contributed by atoms with Crippen molar-refractivity contribution in [2.75, 3.05) is 27.1 Å². The number of aliphatic hydroxyl groups excluding tert-OH is 1. The third-order valence-corrected chi connectivity index (χ3v) is 2.14. The van der Waals surface area contributed by atoms with E-state index >= 15 is 0 Å². The van der Waals surface area contributed by atoms with Crippen molar-refractivity contribution in [2.45, 2.75) is 31.5 Å². The number of hydrogen-bond acceptors (Lipinski definition) is 4. The topological polar surface area (TPSA) is 47.9 Å². The van der Waals surface area contributed by atoms with Crippen LogP contribution in [0.5, 0.6) is 0 Å². The Hall–Kier alpha value is -0.860. The summed E-state index contributed by atoms with van der Waals surface area (Å²) in [6.45, 7) is 4.86. The van der Waals surface area contributed by atoms with E-state index in [1.807, 2.05) is 0 Å². The normalized spacial score (nSPS) is 13.9. The molecule has 4 heteroatoms. The fourth-order valence-corrected chi connectivity index (χ4v) is 1.29. The highest BCUT2D eigenvalue weighted by Crippen LogP contribution is 2.10. The first-order valence-corrected chi connectivity index (χ1v) is 5.65. The average Bonchev–Trinajstić information content (AvgIpc) is 2.29. The van der Waals surface area contributed by atoms with Crippen molar-refractivity contribution < 1.29 is 19.3 Å². The maximum Gasteiger partial charge on any atom is 0.147 e. The van der Waals surface area contributed by atoms with Gasteiger partial charge in [-0.05, 0) is 6.42 Å². The summed E-state index contributed by atoms with van der Waals surface area (Å²) in [4.78, 5) is 0. The number of aliphatic hydroxyl groups is 1. The molecule has 1 N–H and O–H groups in total. The maximum absolute atomic E-state index is 9.57. The molecule has 0 aromatic rings. The zero-order valence-electron chi connectivity index (χ0n) is 10.4. The van der Waals surface area contributed by atoms with Crippen molar-refractivity contribution in [3.8, 4) is 12.3 Å². The minimum absolute atomic E-state index is 0.113. The second-order valence-electron chi connectivity index (χ2n) is 3.63. The molecule has 0 unspecified atom stereocenters. The molecule has 17 heavy (non-hydrogen) atoms. The molecule has 0 aromatic heterocycles. The Morgan fingerprint density at radius 2 is 2.24 bits per heavy atom. The smallest absolute Gasteiger partial charge is 0.147 e. The van der Waals surface area contributed by atoms with Crippen LogP contribution in [0.15, 0.2) is 12.7 Å². The lowest BCUT2D eigenvalue weighted by molar-refractivity contribution is -0.105. The molecule has 2 atom stereocenters. The number of rotatable bonds is 11. The lowest BCUT2D eigenvalue weighted by Gasteiger charge is -2.18. The Kier molecular flexibility index (Phi) is 11.0. The summed E-state index contributed by atoms with van der Waals surface area (Å²) in [6.07, 6.45) is 7.71. The van der Waals surface area contributed by atoms with Gasteiger partial charge in [-0.1, -0.05) is 6.08 Å². The van der Waals surface area contributed by atoms with E-state index in [4.69, 9.17) is 20.6 Å². The molecule has 0 fully saturated rings. The predicted molar refractivity (Wildman–Crippen MR) is 66.5 cm³/mol. The summed E-state index contributed by atoms with van der Waals surface area (Å²) in [5.41, 5.74) is 0. The summed E-state index contributed by atoms with van der Waals surface area (Å²) in [6, 6.07) is 0. The number of methoxy groups -OCH3 is 1. The number of hydrogen-bond donors (Lipinski definition) is 1. The van der Waals surface area contributed by atoms with Crippen molar-refractivity contribution in [2.24, 2.45) is 0 Å². The van der Waals surface area contributed by atoms with Crippen LogP contribution in [0.25, 0.3) is 0 Å². The summed E-state index contributed by atoms with van der Waals surface area (Å²) in [5.74, 6) is 2.42. The first-order valence-electron chi connectivity index (χ1n) is 5.65. The Balaban J connectivity index is 3.74. The molecule has 0 aliphatic heterocycles. The van der Waals surface area contributed by atoms with Crippen LogP contribution in [0.2, 0.25) is 0 Å². The second-order valence-corrected chi connectivity index (χ2v) is 3.63. The van der Waals surface area contributed by atoms with Crippen molar-refractivity contribution in [3.05, 3.63) is 12.7 Å². The highest BCUT2D eigenvalue weighted by molar-refractivity contribution is 4.88. The molecule has 0 aliphatic carbocycles. The van der Waals surface area contributed by atoms with Gasteiger partial charge < -0.3 is 19.3 Å². The van der Waals surface area contributed by atoms with Crippen LogP contribution >= 0.6 is 0 Å². The molecular formula is C13H22O4. The summed E-state index contributed by atoms with van der Waals surface area (Å²) in [7, 11) is 1.61. The van der Waals surface area contributed by atoms with E-state index in [9.17, 15) is 5.11 Å². The molecule has 0 heterocycles. The van der Waals surface area contributed by atoms with Gasteiger partial charge in [-0.2, -0.15) is 0 Å². The highest BCUT2D eigenvalue weighted by Gasteiger charge is 2.13. The van der Waals surface area contributed by atoms with E-state index in [1.54, 1.807) is 13.2 Å². The highest BCUT2D eigenvalue weighted by atomic mass is 16.7. The van der Waals surface area contributed by atoms with Crippen LogP contribution in [0.1, 0.15) is 19.3 Å². The Labute approximate surface area is 104 Å². The SMILES string of the molecule is C#CC[C@H](O)C[C@@H](CC=C)OCOCCOC. The third-order valence-electron chi connectivity index (χ3n) is 2.14. The molecule has 0 saturated carbocycles. The Morgan fingerprint density at radius 1 is 1.47 bits per heavy atom. The van der Waals surface area contributed by atoms with Gasteiger partial charge in [0.2, 0.25) is 0 Å². The summed E-state index contributed by atoms with van der Waals surface area (Å²) >= 11 is 0. The zero-order chi connectivity index (χ0) is 12.9. The largest absolute Gasteiger partial charge is 0.392 e. The Bertz CT molecular complexity index is 222. The van der Waals surface area contributed by atoms with Crippen molar-refractivity contribution in [1.82, 2.24) is 0 Å². The van der Waals surface area contributed by atoms with E-state index in [1.165, 1.54) is 0 Å². The van der Waals surface area contributed by atoms with Gasteiger partial charge in [0.05, 0.1) is 25.4 Å². The van der Waals surface area contributed by atoms with Crippen molar-refractivity contribution in [3.63, 3.8) is 0 Å². The fourth-order valence-electron chi connectivity index (χ4n) is 1.29. The van der Waals surface area contributed by atoms with E-state index in [0.717, 1.165) is 0 Å². The molecular weight excluding hydrogens is 220 g/mol. The fraction of sp³-hybridized carbons (Fsp3) is 0.692. The molecule has 0 aliphatic rings. The molecule has 0 bridgehead atoms. The Morgan fingerprint density at radius 3 is 2.82 bits per heavy atom. The van der Waals surface area contributed by atoms with E-state index in [-0.39, 0.29) is 12.9 Å². The molecule has 4 nitrogen and oxygen atoms in total.